The Balaban J connectivity index is 1.48. The number of ether oxygens (including phenoxy) is 1. The number of nitro benzene ring substituents is 1. The summed E-state index contributed by atoms with van der Waals surface area (Å²) in [4.78, 5) is 27.6. The number of aryl methyl sites for hydroxylation is 1. The lowest BCUT2D eigenvalue weighted by Crippen LogP contribution is -2.34. The van der Waals surface area contributed by atoms with E-state index < -0.39 is 10.8 Å². The Labute approximate surface area is 193 Å². The number of amides is 1. The number of carbonyl (C=O) groups is 1. The summed E-state index contributed by atoms with van der Waals surface area (Å²) in [6.45, 7) is 1.60. The molecule has 0 fully saturated rings. The Morgan fingerprint density at radius 1 is 1.15 bits per heavy atom. The van der Waals surface area contributed by atoms with Crippen molar-refractivity contribution in [2.45, 2.75) is 6.92 Å². The van der Waals surface area contributed by atoms with E-state index in [1.165, 1.54) is 18.2 Å². The van der Waals surface area contributed by atoms with Crippen LogP contribution in [0.5, 0.6) is 5.75 Å². The maximum Gasteiger partial charge on any atom is 0.273 e. The highest BCUT2D eigenvalue weighted by Crippen LogP contribution is 2.28. The van der Waals surface area contributed by atoms with Gasteiger partial charge in [-0.15, -0.1) is 0 Å². The van der Waals surface area contributed by atoms with E-state index in [0.717, 1.165) is 0 Å². The zero-order valence-electron chi connectivity index (χ0n) is 17.6. The van der Waals surface area contributed by atoms with E-state index in [1.54, 1.807) is 50.4 Å². The highest BCUT2D eigenvalue weighted by molar-refractivity contribution is 7.80. The van der Waals surface area contributed by atoms with Gasteiger partial charge in [-0.1, -0.05) is 12.1 Å². The van der Waals surface area contributed by atoms with Crippen molar-refractivity contribution in [2.24, 2.45) is 0 Å². The number of nitro groups is 1. The van der Waals surface area contributed by atoms with Crippen molar-refractivity contribution in [2.75, 3.05) is 12.4 Å². The molecular weight excluding hydrogens is 444 g/mol. The lowest BCUT2D eigenvalue weighted by molar-refractivity contribution is -0.385. The van der Waals surface area contributed by atoms with Gasteiger partial charge in [-0.2, -0.15) is 0 Å². The molecule has 0 saturated carbocycles. The lowest BCUT2D eigenvalue weighted by atomic mass is 10.1. The number of nitrogens with zero attached hydrogens (tertiary/aromatic N) is 2. The van der Waals surface area contributed by atoms with Gasteiger partial charge in [0.1, 0.15) is 11.3 Å². The number of rotatable bonds is 5. The normalized spacial score (nSPS) is 10.6. The van der Waals surface area contributed by atoms with Crippen LogP contribution in [0, 0.1) is 17.0 Å². The van der Waals surface area contributed by atoms with E-state index in [4.69, 9.17) is 21.4 Å². The van der Waals surface area contributed by atoms with Gasteiger partial charge in [0.05, 0.1) is 12.0 Å². The third kappa shape index (κ3) is 4.80. The minimum Gasteiger partial charge on any atom is -0.497 e. The van der Waals surface area contributed by atoms with Gasteiger partial charge in [0, 0.05) is 34.5 Å². The number of aromatic nitrogens is 1. The van der Waals surface area contributed by atoms with Gasteiger partial charge in [-0.3, -0.25) is 20.2 Å². The molecule has 9 nitrogen and oxygen atoms in total. The van der Waals surface area contributed by atoms with Crippen molar-refractivity contribution in [3.8, 4) is 17.2 Å². The summed E-state index contributed by atoms with van der Waals surface area (Å²) in [7, 11) is 1.58. The summed E-state index contributed by atoms with van der Waals surface area (Å²) in [5.41, 5.74) is 3.06. The predicted molar refractivity (Wildman–Crippen MR) is 128 cm³/mol. The summed E-state index contributed by atoms with van der Waals surface area (Å²) >= 11 is 5.23. The van der Waals surface area contributed by atoms with Gasteiger partial charge in [-0.05, 0) is 55.5 Å². The first kappa shape index (κ1) is 21.9. The van der Waals surface area contributed by atoms with Crippen LogP contribution in [-0.2, 0) is 0 Å². The molecule has 0 aliphatic carbocycles. The molecule has 0 unspecified atom stereocenters. The molecule has 3 aromatic carbocycles. The minimum absolute atomic E-state index is 0.0441. The number of hydrogen-bond acceptors (Lipinski definition) is 7. The third-order valence-electron chi connectivity index (χ3n) is 4.86. The molecule has 0 radical (unpaired) electrons. The number of benzene rings is 3. The average molecular weight is 462 g/mol. The van der Waals surface area contributed by atoms with Crippen LogP contribution in [0.3, 0.4) is 0 Å². The molecule has 0 aliphatic rings. The number of methoxy groups -OCH3 is 1. The number of oxazole rings is 1. The van der Waals surface area contributed by atoms with Crippen molar-refractivity contribution in [3.05, 3.63) is 81.9 Å². The largest absolute Gasteiger partial charge is 0.497 e. The summed E-state index contributed by atoms with van der Waals surface area (Å²) < 4.78 is 11.0. The van der Waals surface area contributed by atoms with Crippen LogP contribution >= 0.6 is 12.2 Å². The van der Waals surface area contributed by atoms with E-state index >= 15 is 0 Å². The lowest BCUT2D eigenvalue weighted by Gasteiger charge is -2.10. The van der Waals surface area contributed by atoms with Crippen LogP contribution in [-0.4, -0.2) is 28.0 Å². The van der Waals surface area contributed by atoms with Crippen molar-refractivity contribution < 1.29 is 18.9 Å². The molecule has 33 heavy (non-hydrogen) atoms. The molecule has 0 saturated heterocycles. The van der Waals surface area contributed by atoms with Gasteiger partial charge < -0.3 is 14.5 Å². The van der Waals surface area contributed by atoms with Crippen molar-refractivity contribution in [1.82, 2.24) is 10.3 Å². The monoisotopic (exact) mass is 462 g/mol. The second-order valence-corrected chi connectivity index (χ2v) is 7.51. The zero-order chi connectivity index (χ0) is 23.5. The van der Waals surface area contributed by atoms with E-state index in [-0.39, 0.29) is 16.4 Å². The van der Waals surface area contributed by atoms with E-state index in [9.17, 15) is 14.9 Å². The molecule has 0 atom stereocenters. The molecule has 166 valence electrons. The number of fused-ring (bicyclic) bond motifs is 1. The molecule has 0 bridgehead atoms. The summed E-state index contributed by atoms with van der Waals surface area (Å²) in [5, 5.41) is 16.6. The number of carbonyl (C=O) groups excluding carboxylic acids is 1. The van der Waals surface area contributed by atoms with Crippen molar-refractivity contribution in [1.29, 1.82) is 0 Å². The summed E-state index contributed by atoms with van der Waals surface area (Å²) in [5.74, 6) is 0.543. The minimum atomic E-state index is -0.556. The Morgan fingerprint density at radius 2 is 1.97 bits per heavy atom. The third-order valence-corrected chi connectivity index (χ3v) is 5.06. The fraction of sp³-hybridized carbons (Fsp3) is 0.0870. The van der Waals surface area contributed by atoms with Crippen LogP contribution in [0.4, 0.5) is 11.4 Å². The molecule has 1 aromatic heterocycles. The van der Waals surface area contributed by atoms with Crippen LogP contribution in [0.15, 0.2) is 65.1 Å². The molecule has 0 aliphatic heterocycles. The fourth-order valence-corrected chi connectivity index (χ4v) is 3.38. The quantitative estimate of drug-likeness (QED) is 0.245. The Kier molecular flexibility index (Phi) is 6.01. The average Bonchev–Trinajstić information content (AvgIpc) is 3.22. The number of hydrogen-bond donors (Lipinski definition) is 2. The van der Waals surface area contributed by atoms with Crippen LogP contribution < -0.4 is 15.4 Å². The van der Waals surface area contributed by atoms with Gasteiger partial charge in [0.25, 0.3) is 11.6 Å². The molecule has 1 amide bonds. The second kappa shape index (κ2) is 9.05. The summed E-state index contributed by atoms with van der Waals surface area (Å²) in [6, 6.07) is 16.8. The van der Waals surface area contributed by atoms with Gasteiger partial charge in [-0.25, -0.2) is 4.98 Å². The second-order valence-electron chi connectivity index (χ2n) is 7.10. The first-order valence-electron chi connectivity index (χ1n) is 9.76. The topological polar surface area (TPSA) is 120 Å². The van der Waals surface area contributed by atoms with Crippen LogP contribution in [0.2, 0.25) is 0 Å². The van der Waals surface area contributed by atoms with Crippen molar-refractivity contribution >= 4 is 45.7 Å². The number of anilines is 1. The molecule has 4 rings (SSSR count). The summed E-state index contributed by atoms with van der Waals surface area (Å²) in [6.07, 6.45) is 0. The molecule has 1 heterocycles. The molecule has 2 N–H and O–H groups in total. The predicted octanol–water partition coefficient (Wildman–Crippen LogP) is 4.85. The van der Waals surface area contributed by atoms with E-state index in [1.807, 2.05) is 6.07 Å². The Hall–Kier alpha value is -4.31. The van der Waals surface area contributed by atoms with Crippen LogP contribution in [0.25, 0.3) is 22.6 Å². The SMILES string of the molecule is COc1ccc2oc(-c3cccc(NC(=S)NC(=O)c4ccc(C)c([N+](=O)[O-])c4)c3)nc2c1. The fourth-order valence-electron chi connectivity index (χ4n) is 3.17. The molecule has 4 aromatic rings. The molecular formula is C23H18N4O5S. The highest BCUT2D eigenvalue weighted by Gasteiger charge is 2.16. The first-order chi connectivity index (χ1) is 15.8. The highest BCUT2D eigenvalue weighted by atomic mass is 32.1. The first-order valence-corrected chi connectivity index (χ1v) is 10.2. The maximum atomic E-state index is 12.5. The Bertz CT molecular complexity index is 1400. The van der Waals surface area contributed by atoms with E-state index in [0.29, 0.717) is 39.6 Å². The van der Waals surface area contributed by atoms with E-state index in [2.05, 4.69) is 15.6 Å². The Morgan fingerprint density at radius 3 is 2.73 bits per heavy atom. The van der Waals surface area contributed by atoms with Crippen molar-refractivity contribution in [3.63, 3.8) is 0 Å². The number of thiocarbonyl (C=S) groups is 1. The number of nitrogens with one attached hydrogen (secondary N) is 2. The van der Waals surface area contributed by atoms with Gasteiger partial charge in [0.15, 0.2) is 10.7 Å². The van der Waals surface area contributed by atoms with Gasteiger partial charge >= 0.3 is 0 Å². The van der Waals surface area contributed by atoms with Gasteiger partial charge in [0.2, 0.25) is 5.89 Å². The standard InChI is InChI=1S/C23H18N4O5S/c1-13-6-7-14(11-19(13)27(29)30)21(28)26-23(33)24-16-5-3-4-15(10-16)22-25-18-12-17(31-2)8-9-20(18)32-22/h3-12H,1-2H3,(H2,24,26,28,33). The molecule has 10 heteroatoms. The molecule has 0 spiro atoms. The van der Waals surface area contributed by atoms with Crippen LogP contribution in [0.1, 0.15) is 15.9 Å². The smallest absolute Gasteiger partial charge is 0.273 e. The zero-order valence-corrected chi connectivity index (χ0v) is 18.4. The maximum absolute atomic E-state index is 12.5.